The van der Waals surface area contributed by atoms with Crippen molar-refractivity contribution in [3.8, 4) is 0 Å². The smallest absolute Gasteiger partial charge is 0.123 e. The molecule has 0 amide bonds. The van der Waals surface area contributed by atoms with E-state index in [1.165, 1.54) is 69.3 Å². The second-order valence-electron chi connectivity index (χ2n) is 8.93. The Bertz CT molecular complexity index is 776. The van der Waals surface area contributed by atoms with Gasteiger partial charge in [-0.3, -0.25) is 9.88 Å². The average molecular weight is 408 g/mol. The van der Waals surface area contributed by atoms with Gasteiger partial charge in [0.2, 0.25) is 0 Å². The number of likely N-dealkylation sites (tertiary alicyclic amines) is 1. The van der Waals surface area contributed by atoms with Crippen LogP contribution in [0.3, 0.4) is 0 Å². The van der Waals surface area contributed by atoms with Crippen LogP contribution in [0.2, 0.25) is 0 Å². The van der Waals surface area contributed by atoms with Gasteiger partial charge in [0.1, 0.15) is 5.82 Å². The Labute approximate surface area is 180 Å². The molecule has 0 spiro atoms. The van der Waals surface area contributed by atoms with Crippen molar-refractivity contribution >= 4 is 6.08 Å². The van der Waals surface area contributed by atoms with Gasteiger partial charge in [-0.25, -0.2) is 4.39 Å². The van der Waals surface area contributed by atoms with Crippen LogP contribution in [0.15, 0.2) is 54.9 Å². The zero-order valence-corrected chi connectivity index (χ0v) is 17.9. The predicted octanol–water partition coefficient (Wildman–Crippen LogP) is 5.39. The van der Waals surface area contributed by atoms with E-state index in [2.05, 4.69) is 33.0 Å². The van der Waals surface area contributed by atoms with Crippen molar-refractivity contribution in [1.82, 2.24) is 14.8 Å². The average Bonchev–Trinajstić information content (AvgIpc) is 3.31. The molecule has 0 bridgehead atoms. The summed E-state index contributed by atoms with van der Waals surface area (Å²) in [6, 6.07) is 11.7. The highest BCUT2D eigenvalue weighted by atomic mass is 19.1. The molecule has 2 aromatic rings. The Morgan fingerprint density at radius 3 is 2.50 bits per heavy atom. The first-order valence-corrected chi connectivity index (χ1v) is 11.5. The molecule has 1 aliphatic carbocycles. The van der Waals surface area contributed by atoms with Gasteiger partial charge in [-0.05, 0) is 74.0 Å². The van der Waals surface area contributed by atoms with Crippen molar-refractivity contribution in [2.24, 2.45) is 5.92 Å². The van der Waals surface area contributed by atoms with Crippen LogP contribution in [0.4, 0.5) is 4.39 Å². The molecular formula is C26H34FN3. The number of nitrogens with zero attached hydrogens (tertiary/aromatic N) is 3. The topological polar surface area (TPSA) is 19.4 Å². The standard InChI is InChI=1S/C26H34FN3/c27-25-11-9-22(10-12-25)6-4-16-29(21-24-5-3-15-28-19-24)20-23-13-17-30(18-14-23)26-7-1-2-8-26/h3-6,9-12,15,19,23,26H,1-2,7-8,13-14,16-18,20-21H2/b6-4+. The summed E-state index contributed by atoms with van der Waals surface area (Å²) in [5.41, 5.74) is 2.30. The third-order valence-corrected chi connectivity index (χ3v) is 6.68. The Morgan fingerprint density at radius 2 is 1.80 bits per heavy atom. The summed E-state index contributed by atoms with van der Waals surface area (Å²) in [5.74, 6) is 0.577. The number of hydrogen-bond donors (Lipinski definition) is 0. The molecule has 1 aromatic heterocycles. The number of pyridine rings is 1. The van der Waals surface area contributed by atoms with E-state index < -0.39 is 0 Å². The van der Waals surface area contributed by atoms with Crippen molar-refractivity contribution < 1.29 is 4.39 Å². The van der Waals surface area contributed by atoms with Crippen LogP contribution in [-0.2, 0) is 6.54 Å². The summed E-state index contributed by atoms with van der Waals surface area (Å²) in [4.78, 5) is 9.58. The summed E-state index contributed by atoms with van der Waals surface area (Å²) in [6.45, 7) is 5.48. The Kier molecular flexibility index (Phi) is 7.65. The molecule has 2 fully saturated rings. The van der Waals surface area contributed by atoms with Crippen LogP contribution in [0.5, 0.6) is 0 Å². The third kappa shape index (κ3) is 6.23. The van der Waals surface area contributed by atoms with Crippen molar-refractivity contribution in [1.29, 1.82) is 0 Å². The molecular weight excluding hydrogens is 373 g/mol. The number of aromatic nitrogens is 1. The number of halogens is 1. The van der Waals surface area contributed by atoms with Crippen LogP contribution < -0.4 is 0 Å². The molecule has 0 atom stereocenters. The number of piperidine rings is 1. The van der Waals surface area contributed by atoms with Gasteiger partial charge in [0.05, 0.1) is 0 Å². The molecule has 2 heterocycles. The molecule has 160 valence electrons. The van der Waals surface area contributed by atoms with E-state index in [4.69, 9.17) is 0 Å². The van der Waals surface area contributed by atoms with E-state index in [0.29, 0.717) is 0 Å². The fourth-order valence-corrected chi connectivity index (χ4v) is 5.00. The maximum absolute atomic E-state index is 13.1. The molecule has 30 heavy (non-hydrogen) atoms. The lowest BCUT2D eigenvalue weighted by atomic mass is 9.94. The minimum Gasteiger partial charge on any atom is -0.300 e. The lowest BCUT2D eigenvalue weighted by Crippen LogP contribution is -2.42. The monoisotopic (exact) mass is 407 g/mol. The first kappa shape index (κ1) is 21.2. The molecule has 4 heteroatoms. The lowest BCUT2D eigenvalue weighted by molar-refractivity contribution is 0.112. The van der Waals surface area contributed by atoms with E-state index in [1.807, 2.05) is 30.6 Å². The normalized spacial score (nSPS) is 19.3. The molecule has 4 rings (SSSR count). The number of rotatable bonds is 8. The first-order valence-electron chi connectivity index (χ1n) is 11.5. The maximum Gasteiger partial charge on any atom is 0.123 e. The SMILES string of the molecule is Fc1ccc(/C=C/CN(Cc2cccnc2)CC2CCN(C3CCCC3)CC2)cc1. The zero-order chi connectivity index (χ0) is 20.6. The largest absolute Gasteiger partial charge is 0.300 e. The van der Waals surface area contributed by atoms with E-state index in [1.54, 1.807) is 0 Å². The zero-order valence-electron chi connectivity index (χ0n) is 17.9. The van der Waals surface area contributed by atoms with Crippen molar-refractivity contribution in [3.05, 3.63) is 71.8 Å². The van der Waals surface area contributed by atoms with Gasteiger partial charge in [0, 0.05) is 38.1 Å². The van der Waals surface area contributed by atoms with Crippen LogP contribution in [0.1, 0.15) is 49.7 Å². The van der Waals surface area contributed by atoms with E-state index >= 15 is 0 Å². The van der Waals surface area contributed by atoms with Crippen LogP contribution in [0.25, 0.3) is 6.08 Å². The van der Waals surface area contributed by atoms with Crippen LogP contribution in [-0.4, -0.2) is 47.0 Å². The van der Waals surface area contributed by atoms with Crippen LogP contribution >= 0.6 is 0 Å². The summed E-state index contributed by atoms with van der Waals surface area (Å²) in [7, 11) is 0. The Hall–Kier alpha value is -2.04. The highest BCUT2D eigenvalue weighted by Crippen LogP contribution is 2.28. The lowest BCUT2D eigenvalue weighted by Gasteiger charge is -2.37. The Balaban J connectivity index is 1.33. The first-order chi connectivity index (χ1) is 14.8. The molecule has 1 aliphatic heterocycles. The third-order valence-electron chi connectivity index (χ3n) is 6.68. The molecule has 1 aromatic carbocycles. The number of benzene rings is 1. The van der Waals surface area contributed by atoms with Crippen molar-refractivity contribution in [2.75, 3.05) is 26.2 Å². The predicted molar refractivity (Wildman–Crippen MR) is 122 cm³/mol. The minimum atomic E-state index is -0.186. The van der Waals surface area contributed by atoms with E-state index in [0.717, 1.165) is 37.2 Å². The minimum absolute atomic E-state index is 0.186. The van der Waals surface area contributed by atoms with E-state index in [9.17, 15) is 4.39 Å². The fourth-order valence-electron chi connectivity index (χ4n) is 5.00. The summed E-state index contributed by atoms with van der Waals surface area (Å²) < 4.78 is 13.1. The molecule has 0 N–H and O–H groups in total. The van der Waals surface area contributed by atoms with E-state index in [-0.39, 0.29) is 5.82 Å². The summed E-state index contributed by atoms with van der Waals surface area (Å²) >= 11 is 0. The quantitative estimate of drug-likeness (QED) is 0.585. The molecule has 0 unspecified atom stereocenters. The molecule has 0 radical (unpaired) electrons. The maximum atomic E-state index is 13.1. The van der Waals surface area contributed by atoms with Gasteiger partial charge in [0.15, 0.2) is 0 Å². The highest BCUT2D eigenvalue weighted by Gasteiger charge is 2.27. The van der Waals surface area contributed by atoms with Gasteiger partial charge in [0.25, 0.3) is 0 Å². The fraction of sp³-hybridized carbons (Fsp3) is 0.500. The van der Waals surface area contributed by atoms with Crippen molar-refractivity contribution in [3.63, 3.8) is 0 Å². The Morgan fingerprint density at radius 1 is 1.03 bits per heavy atom. The number of hydrogen-bond acceptors (Lipinski definition) is 3. The van der Waals surface area contributed by atoms with Crippen LogP contribution in [0, 0.1) is 11.7 Å². The van der Waals surface area contributed by atoms with Gasteiger partial charge in [-0.15, -0.1) is 0 Å². The molecule has 1 saturated carbocycles. The van der Waals surface area contributed by atoms with Gasteiger partial charge in [-0.1, -0.05) is 43.2 Å². The second-order valence-corrected chi connectivity index (χ2v) is 8.93. The van der Waals surface area contributed by atoms with Gasteiger partial charge in [-0.2, -0.15) is 0 Å². The van der Waals surface area contributed by atoms with Gasteiger partial charge < -0.3 is 4.90 Å². The summed E-state index contributed by atoms with van der Waals surface area (Å²) in [5, 5.41) is 0. The molecule has 2 aliphatic rings. The second kappa shape index (κ2) is 10.8. The highest BCUT2D eigenvalue weighted by molar-refractivity contribution is 5.48. The van der Waals surface area contributed by atoms with Crippen molar-refractivity contribution in [2.45, 2.75) is 51.1 Å². The molecule has 1 saturated heterocycles. The van der Waals surface area contributed by atoms with Gasteiger partial charge >= 0.3 is 0 Å². The summed E-state index contributed by atoms with van der Waals surface area (Å²) in [6.07, 6.45) is 16.4. The molecule has 3 nitrogen and oxygen atoms in total.